The molecule has 1 amide bonds. The second kappa shape index (κ2) is 9.36. The first-order chi connectivity index (χ1) is 14.3. The molecule has 1 fully saturated rings. The molecule has 2 aromatic carbocycles. The molecule has 2 N–H and O–H groups in total. The number of rotatable bonds is 6. The number of phenolic OH excluding ortho intramolecular Hbond substituents is 1. The fraction of sp³-hybridized carbons (Fsp3) is 0.190. The lowest BCUT2D eigenvalue weighted by Gasteiger charge is -2.12. The quantitative estimate of drug-likeness (QED) is 0.560. The SMILES string of the molecule is CCOc1cc(Br)cc(C=C2SC(=Nc3cccc(C(=O)O)c3)N(CC)C2=O)c1O. The molecule has 1 heterocycles. The van der Waals surface area contributed by atoms with Crippen LogP contribution in [-0.4, -0.2) is 45.3 Å². The van der Waals surface area contributed by atoms with Crippen molar-refractivity contribution < 1.29 is 24.5 Å². The Morgan fingerprint density at radius 3 is 2.73 bits per heavy atom. The van der Waals surface area contributed by atoms with Crippen LogP contribution in [0.3, 0.4) is 0 Å². The molecule has 156 valence electrons. The van der Waals surface area contributed by atoms with Crippen molar-refractivity contribution in [1.82, 2.24) is 4.90 Å². The molecule has 30 heavy (non-hydrogen) atoms. The van der Waals surface area contributed by atoms with Crippen LogP contribution in [0.2, 0.25) is 0 Å². The van der Waals surface area contributed by atoms with E-state index in [1.165, 1.54) is 17.0 Å². The third-order valence-corrected chi connectivity index (χ3v) is 5.64. The summed E-state index contributed by atoms with van der Waals surface area (Å²) in [5.41, 5.74) is 0.996. The van der Waals surface area contributed by atoms with E-state index in [4.69, 9.17) is 9.84 Å². The van der Waals surface area contributed by atoms with Gasteiger partial charge in [0.2, 0.25) is 0 Å². The first-order valence-corrected chi connectivity index (χ1v) is 10.7. The van der Waals surface area contributed by atoms with Gasteiger partial charge in [0.05, 0.1) is 22.8 Å². The normalized spacial score (nSPS) is 16.5. The van der Waals surface area contributed by atoms with Crippen molar-refractivity contribution in [3.05, 3.63) is 56.9 Å². The maximum absolute atomic E-state index is 12.9. The van der Waals surface area contributed by atoms with Gasteiger partial charge in [-0.15, -0.1) is 0 Å². The highest BCUT2D eigenvalue weighted by Gasteiger charge is 2.32. The zero-order valence-corrected chi connectivity index (χ0v) is 18.7. The average Bonchev–Trinajstić information content (AvgIpc) is 3.00. The lowest BCUT2D eigenvalue weighted by molar-refractivity contribution is -0.122. The Balaban J connectivity index is 1.99. The molecule has 1 aliphatic rings. The molecule has 0 saturated carbocycles. The number of ether oxygens (including phenoxy) is 1. The molecule has 1 aliphatic heterocycles. The number of hydrogen-bond donors (Lipinski definition) is 2. The number of phenols is 1. The van der Waals surface area contributed by atoms with Gasteiger partial charge in [0.15, 0.2) is 16.7 Å². The van der Waals surface area contributed by atoms with Gasteiger partial charge in [-0.3, -0.25) is 9.69 Å². The van der Waals surface area contributed by atoms with Crippen LogP contribution in [0.5, 0.6) is 11.5 Å². The van der Waals surface area contributed by atoms with E-state index < -0.39 is 5.97 Å². The van der Waals surface area contributed by atoms with Gasteiger partial charge in [-0.05, 0) is 62.0 Å². The molecule has 1 saturated heterocycles. The van der Waals surface area contributed by atoms with Crippen molar-refractivity contribution in [3.63, 3.8) is 0 Å². The molecule has 2 aromatic rings. The molecule has 0 aliphatic carbocycles. The summed E-state index contributed by atoms with van der Waals surface area (Å²) in [6.07, 6.45) is 1.59. The van der Waals surface area contributed by atoms with Gasteiger partial charge in [0.1, 0.15) is 0 Å². The molecule has 7 nitrogen and oxygen atoms in total. The maximum Gasteiger partial charge on any atom is 0.335 e. The van der Waals surface area contributed by atoms with E-state index in [9.17, 15) is 14.7 Å². The van der Waals surface area contributed by atoms with E-state index in [-0.39, 0.29) is 17.2 Å². The van der Waals surface area contributed by atoms with Gasteiger partial charge in [-0.2, -0.15) is 0 Å². The molecule has 0 spiro atoms. The van der Waals surface area contributed by atoms with Crippen molar-refractivity contribution >= 4 is 56.5 Å². The summed E-state index contributed by atoms with van der Waals surface area (Å²) < 4.78 is 6.15. The summed E-state index contributed by atoms with van der Waals surface area (Å²) in [5, 5.41) is 20.1. The number of carbonyl (C=O) groups is 2. The number of halogens is 1. The molecular weight excluding hydrogens is 472 g/mol. The number of hydrogen-bond acceptors (Lipinski definition) is 6. The number of benzene rings is 2. The van der Waals surface area contributed by atoms with Crippen molar-refractivity contribution in [1.29, 1.82) is 0 Å². The highest BCUT2D eigenvalue weighted by molar-refractivity contribution is 9.10. The molecule has 9 heteroatoms. The largest absolute Gasteiger partial charge is 0.504 e. The number of aromatic hydroxyl groups is 1. The number of thioether (sulfide) groups is 1. The van der Waals surface area contributed by atoms with Crippen LogP contribution in [0.1, 0.15) is 29.8 Å². The Kier molecular flexibility index (Phi) is 6.84. The second-order valence-corrected chi connectivity index (χ2v) is 8.11. The van der Waals surface area contributed by atoms with E-state index in [0.717, 1.165) is 11.8 Å². The first kappa shape index (κ1) is 21.9. The summed E-state index contributed by atoms with van der Waals surface area (Å²) in [4.78, 5) is 30.4. The van der Waals surface area contributed by atoms with Crippen molar-refractivity contribution in [3.8, 4) is 11.5 Å². The number of carboxylic acids is 1. The molecule has 0 atom stereocenters. The number of aromatic carboxylic acids is 1. The standard InChI is InChI=1S/C21H19BrN2O5S/c1-3-24-19(26)17(10-13-8-14(22)11-16(18(13)25)29-4-2)30-21(24)23-15-7-5-6-12(9-15)20(27)28/h5-11,25H,3-4H2,1-2H3,(H,27,28). The Morgan fingerprint density at radius 1 is 1.30 bits per heavy atom. The van der Waals surface area contributed by atoms with Crippen LogP contribution in [0.25, 0.3) is 6.08 Å². The van der Waals surface area contributed by atoms with Crippen LogP contribution >= 0.6 is 27.7 Å². The highest BCUT2D eigenvalue weighted by Crippen LogP contribution is 2.39. The summed E-state index contributed by atoms with van der Waals surface area (Å²) in [6, 6.07) is 9.56. The minimum Gasteiger partial charge on any atom is -0.504 e. The van der Waals surface area contributed by atoms with Crippen molar-refractivity contribution in [2.45, 2.75) is 13.8 Å². The third kappa shape index (κ3) is 4.68. The predicted molar refractivity (Wildman–Crippen MR) is 120 cm³/mol. The van der Waals surface area contributed by atoms with Crippen LogP contribution in [0.4, 0.5) is 5.69 Å². The monoisotopic (exact) mass is 490 g/mol. The zero-order chi connectivity index (χ0) is 21.8. The van der Waals surface area contributed by atoms with E-state index in [2.05, 4.69) is 20.9 Å². The predicted octanol–water partition coefficient (Wildman–Crippen LogP) is 4.88. The number of amidine groups is 1. The van der Waals surface area contributed by atoms with Gasteiger partial charge in [-0.25, -0.2) is 9.79 Å². The Bertz CT molecular complexity index is 1070. The van der Waals surface area contributed by atoms with Crippen molar-refractivity contribution in [2.75, 3.05) is 13.2 Å². The molecular formula is C21H19BrN2O5S. The van der Waals surface area contributed by atoms with Gasteiger partial charge < -0.3 is 14.9 Å². The van der Waals surface area contributed by atoms with Crippen LogP contribution in [-0.2, 0) is 4.79 Å². The zero-order valence-electron chi connectivity index (χ0n) is 16.3. The molecule has 0 bridgehead atoms. The summed E-state index contributed by atoms with van der Waals surface area (Å²) >= 11 is 4.55. The van der Waals surface area contributed by atoms with E-state index in [1.54, 1.807) is 30.3 Å². The smallest absolute Gasteiger partial charge is 0.335 e. The number of amides is 1. The topological polar surface area (TPSA) is 99.4 Å². The second-order valence-electron chi connectivity index (χ2n) is 6.18. The molecule has 0 radical (unpaired) electrons. The average molecular weight is 491 g/mol. The Hall–Kier alpha value is -2.78. The number of likely N-dealkylation sites (N-methyl/N-ethyl adjacent to an activating group) is 1. The van der Waals surface area contributed by atoms with Crippen LogP contribution in [0.15, 0.2) is 50.8 Å². The number of aliphatic imine (C=N–C) groups is 1. The van der Waals surface area contributed by atoms with Gasteiger partial charge in [-0.1, -0.05) is 22.0 Å². The summed E-state index contributed by atoms with van der Waals surface area (Å²) in [7, 11) is 0. The van der Waals surface area contributed by atoms with Gasteiger partial charge in [0, 0.05) is 16.6 Å². The minimum absolute atomic E-state index is 0.0523. The van der Waals surface area contributed by atoms with E-state index in [1.807, 2.05) is 13.8 Å². The van der Waals surface area contributed by atoms with Crippen molar-refractivity contribution in [2.24, 2.45) is 4.99 Å². The molecule has 0 unspecified atom stereocenters. The third-order valence-electron chi connectivity index (χ3n) is 4.18. The number of nitrogens with zero attached hydrogens (tertiary/aromatic N) is 2. The molecule has 3 rings (SSSR count). The fourth-order valence-corrected chi connectivity index (χ4v) is 4.31. The Labute approximate surface area is 186 Å². The summed E-state index contributed by atoms with van der Waals surface area (Å²) in [5.74, 6) is -1.02. The van der Waals surface area contributed by atoms with Gasteiger partial charge >= 0.3 is 5.97 Å². The maximum atomic E-state index is 12.9. The van der Waals surface area contributed by atoms with Gasteiger partial charge in [0.25, 0.3) is 5.91 Å². The number of carbonyl (C=O) groups excluding carboxylic acids is 1. The van der Waals surface area contributed by atoms with Crippen LogP contribution < -0.4 is 4.74 Å². The lowest BCUT2D eigenvalue weighted by atomic mass is 10.1. The van der Waals surface area contributed by atoms with E-state index in [0.29, 0.717) is 44.7 Å². The molecule has 0 aromatic heterocycles. The summed E-state index contributed by atoms with van der Waals surface area (Å²) in [6.45, 7) is 4.43. The lowest BCUT2D eigenvalue weighted by Crippen LogP contribution is -2.28. The fourth-order valence-electron chi connectivity index (χ4n) is 2.80. The minimum atomic E-state index is -1.05. The van der Waals surface area contributed by atoms with Crippen LogP contribution in [0, 0.1) is 0 Å². The van der Waals surface area contributed by atoms with E-state index >= 15 is 0 Å². The Morgan fingerprint density at radius 2 is 2.07 bits per heavy atom. The first-order valence-electron chi connectivity index (χ1n) is 9.12. The highest BCUT2D eigenvalue weighted by atomic mass is 79.9. The number of carboxylic acid groups (broad SMARTS) is 1.